The van der Waals surface area contributed by atoms with E-state index >= 15 is 0 Å². The average Bonchev–Trinajstić information content (AvgIpc) is 2.38. The Morgan fingerprint density at radius 3 is 2.60 bits per heavy atom. The summed E-state index contributed by atoms with van der Waals surface area (Å²) in [6.45, 7) is 5.77. The summed E-state index contributed by atoms with van der Waals surface area (Å²) in [6, 6.07) is 5.88. The molecule has 0 spiro atoms. The number of carbonyl (C=O) groups is 2. The molecule has 0 aromatic heterocycles. The van der Waals surface area contributed by atoms with Gasteiger partial charge in [0, 0.05) is 30.9 Å². The van der Waals surface area contributed by atoms with Crippen molar-refractivity contribution >= 4 is 23.1 Å². The molecular formula is C15H18N2O3. The van der Waals surface area contributed by atoms with E-state index < -0.39 is 5.91 Å². The molecule has 1 aromatic carbocycles. The van der Waals surface area contributed by atoms with Crippen LogP contribution in [-0.2, 0) is 20.7 Å². The van der Waals surface area contributed by atoms with Gasteiger partial charge in [0.25, 0.3) is 5.91 Å². The van der Waals surface area contributed by atoms with E-state index in [2.05, 4.69) is 24.1 Å². The van der Waals surface area contributed by atoms with Crippen molar-refractivity contribution in [2.75, 3.05) is 23.3 Å². The van der Waals surface area contributed by atoms with Gasteiger partial charge in [0.2, 0.25) is 5.78 Å². The molecule has 3 rings (SSSR count). The summed E-state index contributed by atoms with van der Waals surface area (Å²) in [5, 5.41) is 2.67. The minimum Gasteiger partial charge on any atom is -0.372 e. The predicted octanol–water partition coefficient (Wildman–Crippen LogP) is 1.36. The minimum absolute atomic E-state index is 0.186. The fraction of sp³-hybridized carbons (Fsp3) is 0.467. The maximum absolute atomic E-state index is 11.5. The molecule has 0 radical (unpaired) electrons. The number of rotatable bonds is 1. The van der Waals surface area contributed by atoms with Crippen LogP contribution < -0.4 is 10.2 Å². The number of hydrogen-bond acceptors (Lipinski definition) is 4. The van der Waals surface area contributed by atoms with Crippen LogP contribution in [0, 0.1) is 0 Å². The molecule has 0 unspecified atom stereocenters. The van der Waals surface area contributed by atoms with Crippen LogP contribution in [0.4, 0.5) is 11.4 Å². The number of hydrogen-bond donors (Lipinski definition) is 1. The Morgan fingerprint density at radius 1 is 1.20 bits per heavy atom. The zero-order valence-corrected chi connectivity index (χ0v) is 11.7. The zero-order valence-electron chi connectivity index (χ0n) is 11.7. The monoisotopic (exact) mass is 274 g/mol. The van der Waals surface area contributed by atoms with E-state index in [9.17, 15) is 9.59 Å². The van der Waals surface area contributed by atoms with Gasteiger partial charge in [-0.3, -0.25) is 9.59 Å². The van der Waals surface area contributed by atoms with Gasteiger partial charge < -0.3 is 15.0 Å². The summed E-state index contributed by atoms with van der Waals surface area (Å²) in [7, 11) is 0. The summed E-state index contributed by atoms with van der Waals surface area (Å²) in [4.78, 5) is 25.1. The smallest absolute Gasteiger partial charge is 0.292 e. The Kier molecular flexibility index (Phi) is 3.22. The van der Waals surface area contributed by atoms with Crippen LogP contribution in [0.3, 0.4) is 0 Å². The Hall–Kier alpha value is -1.88. The molecule has 1 amide bonds. The Balaban J connectivity index is 1.87. The van der Waals surface area contributed by atoms with E-state index in [1.165, 1.54) is 0 Å². The number of ketones is 1. The van der Waals surface area contributed by atoms with E-state index in [0.29, 0.717) is 0 Å². The van der Waals surface area contributed by atoms with E-state index in [1.54, 1.807) is 0 Å². The summed E-state index contributed by atoms with van der Waals surface area (Å²) in [5.74, 6) is -0.891. The van der Waals surface area contributed by atoms with Gasteiger partial charge in [-0.1, -0.05) is 6.07 Å². The first-order valence-corrected chi connectivity index (χ1v) is 6.90. The molecule has 1 N–H and O–H groups in total. The first-order valence-electron chi connectivity index (χ1n) is 6.90. The van der Waals surface area contributed by atoms with Gasteiger partial charge in [0.15, 0.2) is 0 Å². The summed E-state index contributed by atoms with van der Waals surface area (Å²) >= 11 is 0. The van der Waals surface area contributed by atoms with E-state index in [0.717, 1.165) is 30.0 Å². The zero-order chi connectivity index (χ0) is 14.3. The molecule has 1 saturated heterocycles. The number of amides is 1. The van der Waals surface area contributed by atoms with Crippen molar-refractivity contribution in [3.8, 4) is 0 Å². The van der Waals surface area contributed by atoms with E-state index in [1.807, 2.05) is 18.2 Å². The van der Waals surface area contributed by atoms with E-state index in [4.69, 9.17) is 4.74 Å². The van der Waals surface area contributed by atoms with Crippen molar-refractivity contribution in [1.29, 1.82) is 0 Å². The van der Waals surface area contributed by atoms with Crippen molar-refractivity contribution in [2.24, 2.45) is 0 Å². The molecule has 1 aromatic rings. The third-order valence-electron chi connectivity index (χ3n) is 3.73. The molecular weight excluding hydrogens is 256 g/mol. The number of carbonyl (C=O) groups excluding carboxylic acids is 2. The lowest BCUT2D eigenvalue weighted by Gasteiger charge is -2.37. The van der Waals surface area contributed by atoms with Gasteiger partial charge in [-0.25, -0.2) is 0 Å². The number of nitrogens with zero attached hydrogens (tertiary/aromatic N) is 1. The normalized spacial score (nSPS) is 26.2. The molecule has 106 valence electrons. The van der Waals surface area contributed by atoms with Crippen LogP contribution >= 0.6 is 0 Å². The van der Waals surface area contributed by atoms with Crippen LogP contribution in [0.1, 0.15) is 19.4 Å². The van der Waals surface area contributed by atoms with Crippen LogP contribution in [0.5, 0.6) is 0 Å². The minimum atomic E-state index is -0.515. The Morgan fingerprint density at radius 2 is 1.90 bits per heavy atom. The highest BCUT2D eigenvalue weighted by molar-refractivity contribution is 6.42. The lowest BCUT2D eigenvalue weighted by molar-refractivity contribution is -0.134. The van der Waals surface area contributed by atoms with Gasteiger partial charge in [0.1, 0.15) is 0 Å². The molecule has 2 aliphatic rings. The standard InChI is InChI=1S/C15H18N2O3/c1-9-7-17(8-10(2)20-9)12-4-3-11-5-14(18)15(19)16-13(11)6-12/h3-4,6,9-10H,5,7-8H2,1-2H3,(H,16,19)/t9-,10+. The first kappa shape index (κ1) is 13.1. The van der Waals surface area contributed by atoms with Gasteiger partial charge in [-0.2, -0.15) is 0 Å². The van der Waals surface area contributed by atoms with Crippen molar-refractivity contribution in [1.82, 2.24) is 0 Å². The lowest BCUT2D eigenvalue weighted by Crippen LogP contribution is -2.45. The van der Waals surface area contributed by atoms with E-state index in [-0.39, 0.29) is 24.4 Å². The molecule has 0 aliphatic carbocycles. The van der Waals surface area contributed by atoms with Crippen LogP contribution in [-0.4, -0.2) is 37.0 Å². The van der Waals surface area contributed by atoms with Gasteiger partial charge >= 0.3 is 0 Å². The number of Topliss-reactive ketones (excluding diaryl/α,β-unsaturated/α-hetero) is 1. The molecule has 2 atom stereocenters. The quantitative estimate of drug-likeness (QED) is 0.786. The number of benzene rings is 1. The molecule has 20 heavy (non-hydrogen) atoms. The fourth-order valence-corrected chi connectivity index (χ4v) is 2.87. The van der Waals surface area contributed by atoms with Crippen LogP contribution in [0.15, 0.2) is 18.2 Å². The van der Waals surface area contributed by atoms with Crippen molar-refractivity contribution in [3.63, 3.8) is 0 Å². The molecule has 1 fully saturated rings. The Labute approximate surface area is 117 Å². The van der Waals surface area contributed by atoms with Crippen molar-refractivity contribution < 1.29 is 14.3 Å². The van der Waals surface area contributed by atoms with Crippen molar-refractivity contribution in [3.05, 3.63) is 23.8 Å². The summed E-state index contributed by atoms with van der Waals surface area (Å²) in [6.07, 6.45) is 0.564. The maximum Gasteiger partial charge on any atom is 0.292 e. The fourth-order valence-electron chi connectivity index (χ4n) is 2.87. The van der Waals surface area contributed by atoms with Gasteiger partial charge in [-0.05, 0) is 31.5 Å². The highest BCUT2D eigenvalue weighted by Gasteiger charge is 2.26. The maximum atomic E-state index is 11.5. The summed E-state index contributed by atoms with van der Waals surface area (Å²) in [5.41, 5.74) is 2.69. The highest BCUT2D eigenvalue weighted by Crippen LogP contribution is 2.28. The number of anilines is 2. The predicted molar refractivity (Wildman–Crippen MR) is 76.0 cm³/mol. The SMILES string of the molecule is C[C@@H]1CN(c2ccc3c(c2)NC(=O)C(=O)C3)C[C@H](C)O1. The van der Waals surface area contributed by atoms with Gasteiger partial charge in [0.05, 0.1) is 12.2 Å². The van der Waals surface area contributed by atoms with Crippen LogP contribution in [0.25, 0.3) is 0 Å². The molecule has 0 saturated carbocycles. The topological polar surface area (TPSA) is 58.6 Å². The number of morpholine rings is 1. The Bertz CT molecular complexity index is 560. The molecule has 2 heterocycles. The molecule has 0 bridgehead atoms. The number of ether oxygens (including phenoxy) is 1. The highest BCUT2D eigenvalue weighted by atomic mass is 16.5. The molecule has 5 nitrogen and oxygen atoms in total. The number of fused-ring (bicyclic) bond motifs is 1. The largest absolute Gasteiger partial charge is 0.372 e. The number of nitrogens with one attached hydrogen (secondary N) is 1. The molecule has 2 aliphatic heterocycles. The molecule has 5 heteroatoms. The third kappa shape index (κ3) is 2.41. The second-order valence-electron chi connectivity index (χ2n) is 5.56. The first-order chi connectivity index (χ1) is 9.52. The second-order valence-corrected chi connectivity index (χ2v) is 5.56. The van der Waals surface area contributed by atoms with Crippen LogP contribution in [0.2, 0.25) is 0 Å². The lowest BCUT2D eigenvalue weighted by atomic mass is 10.0. The third-order valence-corrected chi connectivity index (χ3v) is 3.73. The average molecular weight is 274 g/mol. The van der Waals surface area contributed by atoms with Gasteiger partial charge in [-0.15, -0.1) is 0 Å². The second kappa shape index (κ2) is 4.90. The van der Waals surface area contributed by atoms with Crippen molar-refractivity contribution in [2.45, 2.75) is 32.5 Å². The summed E-state index contributed by atoms with van der Waals surface area (Å²) < 4.78 is 5.73.